The first kappa shape index (κ1) is 41.1. The van der Waals surface area contributed by atoms with Crippen molar-refractivity contribution in [3.63, 3.8) is 0 Å². The molecular weight excluding hydrogens is 788 g/mol. The van der Waals surface area contributed by atoms with Gasteiger partial charge in [-0.05, 0) is 122 Å². The second kappa shape index (κ2) is 15.1. The van der Waals surface area contributed by atoms with Gasteiger partial charge < -0.3 is 14.5 Å². The number of hydrogen-bond donors (Lipinski definition) is 0. The lowest BCUT2D eigenvalue weighted by Gasteiger charge is -2.30. The number of fused-ring (bicyclic) bond motifs is 5. The Hall–Kier alpha value is -6.92. The van der Waals surface area contributed by atoms with E-state index in [1.54, 1.807) is 6.07 Å². The number of ether oxygens (including phenoxy) is 1. The van der Waals surface area contributed by atoms with Crippen LogP contribution >= 0.6 is 0 Å². The molecule has 0 aliphatic carbocycles. The molecule has 7 aromatic carbocycles. The van der Waals surface area contributed by atoms with Crippen molar-refractivity contribution < 1.29 is 9.13 Å². The van der Waals surface area contributed by atoms with Crippen LogP contribution in [0.5, 0.6) is 11.5 Å². The van der Waals surface area contributed by atoms with Crippen LogP contribution in [-0.2, 0) is 16.2 Å². The van der Waals surface area contributed by atoms with E-state index in [-0.39, 0.29) is 22.1 Å². The molecule has 0 radical (unpaired) electrons. The van der Waals surface area contributed by atoms with E-state index < -0.39 is 0 Å². The first-order valence-electron chi connectivity index (χ1n) is 22.3. The second-order valence-corrected chi connectivity index (χ2v) is 20.4. The summed E-state index contributed by atoms with van der Waals surface area (Å²) in [5, 5.41) is 4.20. The average Bonchev–Trinajstić information content (AvgIpc) is 3.81. The monoisotopic (exact) mass is 842 g/mol. The van der Waals surface area contributed by atoms with Gasteiger partial charge in [-0.1, -0.05) is 129 Å². The topological polar surface area (TPSA) is 33.5 Å². The summed E-state index contributed by atoms with van der Waals surface area (Å²) in [6.45, 7) is 21.0. The maximum Gasteiger partial charge on any atom is 0.137 e. The standard InChI is InChI=1S/C58H55FN4O/c1-56(2,3)38-27-28-60-54(32-38)63-51-26-23-41(59)33-50(51)48-25-24-45(35-53(48)63)64-44-18-13-17-42(34-44)61-36-62(43-30-39(57(4,5)6)29-40(31-43)58(7,8)9)55-49(21-14-22-52(55)61)47-20-12-16-37-15-10-11-19-46(37)47/h10-35H,36H2,1-9H3. The molecule has 0 N–H and O–H groups in total. The molecule has 0 atom stereocenters. The third kappa shape index (κ3) is 7.35. The van der Waals surface area contributed by atoms with Crippen LogP contribution in [0, 0.1) is 5.82 Å². The molecule has 3 heterocycles. The highest BCUT2D eigenvalue weighted by atomic mass is 19.1. The molecule has 0 spiro atoms. The van der Waals surface area contributed by atoms with Gasteiger partial charge in [0, 0.05) is 46.0 Å². The van der Waals surface area contributed by atoms with Crippen molar-refractivity contribution >= 4 is 55.3 Å². The van der Waals surface area contributed by atoms with Crippen LogP contribution < -0.4 is 14.5 Å². The normalized spacial score (nSPS) is 13.3. The largest absolute Gasteiger partial charge is 0.457 e. The van der Waals surface area contributed by atoms with Crippen LogP contribution in [0.3, 0.4) is 0 Å². The Balaban J connectivity index is 1.09. The van der Waals surface area contributed by atoms with Crippen molar-refractivity contribution in [3.8, 4) is 28.4 Å². The predicted molar refractivity (Wildman–Crippen MR) is 266 cm³/mol. The van der Waals surface area contributed by atoms with Gasteiger partial charge in [0.15, 0.2) is 0 Å². The van der Waals surface area contributed by atoms with Crippen molar-refractivity contribution in [2.45, 2.75) is 78.6 Å². The summed E-state index contributed by atoms with van der Waals surface area (Å²) in [7, 11) is 0. The van der Waals surface area contributed by atoms with Crippen molar-refractivity contribution in [1.82, 2.24) is 9.55 Å². The lowest BCUT2D eigenvalue weighted by molar-refractivity contribution is 0.483. The predicted octanol–water partition coefficient (Wildman–Crippen LogP) is 16.1. The van der Waals surface area contributed by atoms with E-state index in [0.29, 0.717) is 18.2 Å². The van der Waals surface area contributed by atoms with Gasteiger partial charge in [-0.25, -0.2) is 9.37 Å². The van der Waals surface area contributed by atoms with Gasteiger partial charge in [0.25, 0.3) is 0 Å². The van der Waals surface area contributed by atoms with Crippen LogP contribution in [0.1, 0.15) is 79.0 Å². The van der Waals surface area contributed by atoms with E-state index in [1.807, 2.05) is 36.5 Å². The summed E-state index contributed by atoms with van der Waals surface area (Å²) < 4.78 is 23.7. The molecule has 64 heavy (non-hydrogen) atoms. The highest BCUT2D eigenvalue weighted by Crippen LogP contribution is 2.51. The molecule has 0 unspecified atom stereocenters. The number of hydrogen-bond acceptors (Lipinski definition) is 4. The molecule has 6 heteroatoms. The molecule has 1 aliphatic heterocycles. The summed E-state index contributed by atoms with van der Waals surface area (Å²) >= 11 is 0. The lowest BCUT2D eigenvalue weighted by atomic mass is 9.80. The fourth-order valence-corrected chi connectivity index (χ4v) is 9.20. The molecule has 0 saturated carbocycles. The fourth-order valence-electron chi connectivity index (χ4n) is 9.20. The minimum Gasteiger partial charge on any atom is -0.457 e. The molecule has 0 amide bonds. The summed E-state index contributed by atoms with van der Waals surface area (Å²) in [5.74, 6) is 1.90. The first-order chi connectivity index (χ1) is 30.5. The Morgan fingerprint density at radius 2 is 1.19 bits per heavy atom. The highest BCUT2D eigenvalue weighted by molar-refractivity contribution is 6.09. The second-order valence-electron chi connectivity index (χ2n) is 20.4. The number of anilines is 4. The van der Waals surface area contributed by atoms with Gasteiger partial charge in [-0.15, -0.1) is 0 Å². The molecule has 10 rings (SSSR count). The van der Waals surface area contributed by atoms with E-state index in [9.17, 15) is 4.39 Å². The maximum absolute atomic E-state index is 14.8. The van der Waals surface area contributed by atoms with Crippen LogP contribution in [0.15, 0.2) is 158 Å². The van der Waals surface area contributed by atoms with Gasteiger partial charge in [0.1, 0.15) is 29.8 Å². The molecule has 2 aromatic heterocycles. The van der Waals surface area contributed by atoms with Crippen molar-refractivity contribution in [2.75, 3.05) is 16.5 Å². The van der Waals surface area contributed by atoms with E-state index in [4.69, 9.17) is 9.72 Å². The van der Waals surface area contributed by atoms with Crippen molar-refractivity contribution in [1.29, 1.82) is 0 Å². The van der Waals surface area contributed by atoms with Crippen molar-refractivity contribution in [3.05, 3.63) is 180 Å². The number of nitrogens with zero attached hydrogens (tertiary/aromatic N) is 4. The van der Waals surface area contributed by atoms with E-state index in [0.717, 1.165) is 39.0 Å². The zero-order valence-corrected chi connectivity index (χ0v) is 38.3. The Morgan fingerprint density at radius 1 is 0.500 bits per heavy atom. The first-order valence-corrected chi connectivity index (χ1v) is 22.3. The van der Waals surface area contributed by atoms with Crippen LogP contribution in [-0.4, -0.2) is 16.2 Å². The summed E-state index contributed by atoms with van der Waals surface area (Å²) in [5.41, 5.74) is 12.3. The Bertz CT molecular complexity index is 3230. The van der Waals surface area contributed by atoms with E-state index in [1.165, 1.54) is 56.0 Å². The number of aromatic nitrogens is 2. The zero-order valence-electron chi connectivity index (χ0n) is 38.3. The third-order valence-corrected chi connectivity index (χ3v) is 12.8. The van der Waals surface area contributed by atoms with Crippen LogP contribution in [0.4, 0.5) is 27.1 Å². The molecular formula is C58H55FN4O. The minimum absolute atomic E-state index is 0.0421. The molecule has 9 aromatic rings. The molecule has 1 aliphatic rings. The molecule has 0 fully saturated rings. The molecule has 5 nitrogen and oxygen atoms in total. The number of pyridine rings is 1. The molecule has 0 bridgehead atoms. The number of rotatable bonds is 6. The Morgan fingerprint density at radius 3 is 1.95 bits per heavy atom. The molecule has 0 saturated heterocycles. The SMILES string of the molecule is CC(C)(C)c1cc(N2CN(c3cccc(Oc4ccc5c6cc(F)ccc6n(-c6cc(C(C)(C)C)ccn6)c5c4)c3)c3cccc(-c4cccc5ccccc45)c32)cc(C(C)(C)C)c1. The molecule has 320 valence electrons. The van der Waals surface area contributed by atoms with Gasteiger partial charge in [0.05, 0.1) is 22.4 Å². The quantitative estimate of drug-likeness (QED) is 0.167. The average molecular weight is 843 g/mol. The van der Waals surface area contributed by atoms with Gasteiger partial charge in [0.2, 0.25) is 0 Å². The van der Waals surface area contributed by atoms with Gasteiger partial charge >= 0.3 is 0 Å². The number of halogens is 1. The van der Waals surface area contributed by atoms with Crippen molar-refractivity contribution in [2.24, 2.45) is 0 Å². The summed E-state index contributed by atoms with van der Waals surface area (Å²) in [6.07, 6.45) is 1.86. The highest BCUT2D eigenvalue weighted by Gasteiger charge is 2.33. The zero-order chi connectivity index (χ0) is 44.7. The third-order valence-electron chi connectivity index (χ3n) is 12.8. The van der Waals surface area contributed by atoms with Crippen LogP contribution in [0.25, 0.3) is 49.5 Å². The van der Waals surface area contributed by atoms with Gasteiger partial charge in [-0.2, -0.15) is 0 Å². The summed E-state index contributed by atoms with van der Waals surface area (Å²) in [4.78, 5) is 9.73. The summed E-state index contributed by atoms with van der Waals surface area (Å²) in [6, 6.07) is 52.7. The van der Waals surface area contributed by atoms with E-state index >= 15 is 0 Å². The van der Waals surface area contributed by atoms with Crippen LogP contribution in [0.2, 0.25) is 0 Å². The van der Waals surface area contributed by atoms with E-state index in [2.05, 4.69) is 186 Å². The lowest BCUT2D eigenvalue weighted by Crippen LogP contribution is -2.25. The maximum atomic E-state index is 14.8. The van der Waals surface area contributed by atoms with Gasteiger partial charge in [-0.3, -0.25) is 4.57 Å². The Labute approximate surface area is 376 Å². The number of benzene rings is 7. The number of para-hydroxylation sites is 1. The smallest absolute Gasteiger partial charge is 0.137 e. The minimum atomic E-state index is -0.275. The Kier molecular flexibility index (Phi) is 9.71. The fraction of sp³-hybridized carbons (Fsp3) is 0.224.